The van der Waals surface area contributed by atoms with Crippen LogP contribution in [0.5, 0.6) is 0 Å². The van der Waals surface area contributed by atoms with Crippen LogP contribution in [0.3, 0.4) is 0 Å². The number of hydrogen-bond donors (Lipinski definition) is 2. The third-order valence-electron chi connectivity index (χ3n) is 15.3. The molecule has 1 saturated heterocycles. The highest BCUT2D eigenvalue weighted by Gasteiger charge is 2.57. The highest BCUT2D eigenvalue weighted by molar-refractivity contribution is 8.04. The standard InChI is InChI=1S/C55H85FN6O11S/c1-13-35(6)51(44(71-11)30-49(67)62-41-26-38(41)27-42(62)52(72-12)36(7)53(68)58-46(73-32-63)28-37-20-16-17-21-40(37)56)60(10)54(69)39(33(2)3)29-43(64)50(34(4)5)59(9)47(65)22-15-14-18-24-61-48(66)31-45(55(61)70)74-25-19-23-57-8/h16-17,20-21,31-36,38-39,41-42,44,46,50-52,57H,13-15,18-19,22-30H2,1-12H3,(H,58,68)/t35-,36+,38-,39-,41-,42-,44+,46+,50-,51-,52+/m0/s1. The number of benzene rings is 1. The van der Waals surface area contributed by atoms with Crippen molar-refractivity contribution in [3.05, 3.63) is 46.6 Å². The van der Waals surface area contributed by atoms with Crippen LogP contribution < -0.4 is 10.6 Å². The number of unbranched alkanes of at least 4 members (excludes halogenated alkanes) is 2. The van der Waals surface area contributed by atoms with Crippen LogP contribution in [0.1, 0.15) is 118 Å². The summed E-state index contributed by atoms with van der Waals surface area (Å²) in [5.74, 6) is -3.66. The van der Waals surface area contributed by atoms with Crippen LogP contribution in [0.15, 0.2) is 35.2 Å². The first-order valence-corrected chi connectivity index (χ1v) is 27.6. The predicted molar refractivity (Wildman–Crippen MR) is 281 cm³/mol. The summed E-state index contributed by atoms with van der Waals surface area (Å²) in [5.41, 5.74) is 0.261. The van der Waals surface area contributed by atoms with Crippen LogP contribution in [-0.2, 0) is 59.0 Å². The maximum atomic E-state index is 14.8. The van der Waals surface area contributed by atoms with Crippen molar-refractivity contribution in [3.63, 3.8) is 0 Å². The van der Waals surface area contributed by atoms with Gasteiger partial charge in [0.2, 0.25) is 23.6 Å². The third kappa shape index (κ3) is 16.2. The molecule has 0 spiro atoms. The Kier molecular flexibility index (Phi) is 24.7. The molecule has 0 radical (unpaired) electrons. The van der Waals surface area contributed by atoms with Crippen molar-refractivity contribution in [3.8, 4) is 0 Å². The van der Waals surface area contributed by atoms with Crippen molar-refractivity contribution in [1.29, 1.82) is 0 Å². The van der Waals surface area contributed by atoms with Gasteiger partial charge in [0, 0.05) is 72.2 Å². The fourth-order valence-corrected chi connectivity index (χ4v) is 11.8. The molecule has 2 heterocycles. The molecule has 4 rings (SSSR count). The Labute approximate surface area is 443 Å². The van der Waals surface area contributed by atoms with E-state index in [1.807, 2.05) is 53.5 Å². The molecule has 17 nitrogen and oxygen atoms in total. The van der Waals surface area contributed by atoms with Gasteiger partial charge in [-0.1, -0.05) is 79.5 Å². The number of ether oxygens (including phenoxy) is 3. The van der Waals surface area contributed by atoms with E-state index in [1.165, 1.54) is 47.9 Å². The van der Waals surface area contributed by atoms with Gasteiger partial charge in [-0.2, -0.15) is 0 Å². The molecule has 2 fully saturated rings. The maximum absolute atomic E-state index is 14.8. The van der Waals surface area contributed by atoms with Crippen LogP contribution >= 0.6 is 11.8 Å². The van der Waals surface area contributed by atoms with E-state index in [0.29, 0.717) is 37.0 Å². The number of rotatable bonds is 34. The predicted octanol–water partition coefficient (Wildman–Crippen LogP) is 5.77. The Morgan fingerprint density at radius 1 is 0.919 bits per heavy atom. The lowest BCUT2D eigenvalue weighted by molar-refractivity contribution is -0.151. The van der Waals surface area contributed by atoms with Gasteiger partial charge in [-0.05, 0) is 86.8 Å². The molecule has 0 bridgehead atoms. The second-order valence-corrected chi connectivity index (χ2v) is 22.3. The fourth-order valence-electron chi connectivity index (χ4n) is 10.9. The van der Waals surface area contributed by atoms with Gasteiger partial charge in [-0.3, -0.25) is 43.3 Å². The number of likely N-dealkylation sites (N-methyl/N-ethyl adjacent to an activating group) is 2. The van der Waals surface area contributed by atoms with Crippen molar-refractivity contribution >= 4 is 59.5 Å². The van der Waals surface area contributed by atoms with E-state index in [1.54, 1.807) is 44.1 Å². The van der Waals surface area contributed by atoms with Gasteiger partial charge >= 0.3 is 0 Å². The summed E-state index contributed by atoms with van der Waals surface area (Å²) in [6, 6.07) is 4.17. The normalized spacial score (nSPS) is 20.5. The molecule has 2 N–H and O–H groups in total. The lowest BCUT2D eigenvalue weighted by Crippen LogP contribution is -2.55. The minimum Gasteiger partial charge on any atom is -0.444 e. The number of nitrogens with zero attached hydrogens (tertiary/aromatic N) is 4. The molecule has 1 aliphatic carbocycles. The van der Waals surface area contributed by atoms with Gasteiger partial charge in [0.1, 0.15) is 5.82 Å². The maximum Gasteiger partial charge on any atom is 0.295 e. The Bertz CT molecular complexity index is 2130. The van der Waals surface area contributed by atoms with E-state index in [9.17, 15) is 42.7 Å². The Morgan fingerprint density at radius 2 is 1.62 bits per heavy atom. The second-order valence-electron chi connectivity index (χ2n) is 21.1. The van der Waals surface area contributed by atoms with Crippen LogP contribution in [0.2, 0.25) is 0 Å². The van der Waals surface area contributed by atoms with Crippen molar-refractivity contribution in [2.24, 2.45) is 35.5 Å². The van der Waals surface area contributed by atoms with E-state index in [2.05, 4.69) is 10.6 Å². The average Bonchev–Trinajstić information content (AvgIpc) is 3.94. The summed E-state index contributed by atoms with van der Waals surface area (Å²) in [6.45, 7) is 14.5. The summed E-state index contributed by atoms with van der Waals surface area (Å²) in [6.07, 6.45) is 3.36. The summed E-state index contributed by atoms with van der Waals surface area (Å²) in [4.78, 5) is 115. The lowest BCUT2D eigenvalue weighted by atomic mass is 9.83. The van der Waals surface area contributed by atoms with Crippen LogP contribution in [0.25, 0.3) is 0 Å². The van der Waals surface area contributed by atoms with Gasteiger partial charge in [0.05, 0.1) is 47.6 Å². The Morgan fingerprint density at radius 3 is 2.23 bits per heavy atom. The van der Waals surface area contributed by atoms with E-state index < -0.39 is 60.1 Å². The molecule has 0 aromatic heterocycles. The minimum absolute atomic E-state index is 0.0468. The molecule has 2 aliphatic heterocycles. The van der Waals surface area contributed by atoms with Crippen LogP contribution in [0.4, 0.5) is 4.39 Å². The number of Topliss-reactive ketones (excluding diaryl/α,β-unsaturated/α-hetero) is 1. The molecule has 19 heteroatoms. The molecule has 1 aromatic rings. The highest BCUT2D eigenvalue weighted by atomic mass is 32.2. The summed E-state index contributed by atoms with van der Waals surface area (Å²) >= 11 is 1.39. The van der Waals surface area contributed by atoms with Crippen LogP contribution in [-0.4, -0.2) is 164 Å². The molecule has 3 aliphatic rings. The van der Waals surface area contributed by atoms with Crippen molar-refractivity contribution < 1.29 is 57.0 Å². The first-order valence-electron chi connectivity index (χ1n) is 26.6. The number of likely N-dealkylation sites (tertiary alicyclic amines) is 1. The molecular weight excluding hydrogens is 972 g/mol. The number of piperidine rings is 1. The molecule has 74 heavy (non-hydrogen) atoms. The van der Waals surface area contributed by atoms with Crippen LogP contribution in [0, 0.1) is 41.3 Å². The quantitative estimate of drug-likeness (QED) is 0.0365. The Hall–Kier alpha value is -4.72. The van der Waals surface area contributed by atoms with E-state index in [4.69, 9.17) is 14.2 Å². The summed E-state index contributed by atoms with van der Waals surface area (Å²) in [7, 11) is 8.20. The molecule has 414 valence electrons. The van der Waals surface area contributed by atoms with Crippen molar-refractivity contribution in [2.75, 3.05) is 54.2 Å². The average molecular weight is 1060 g/mol. The van der Waals surface area contributed by atoms with E-state index in [-0.39, 0.29) is 109 Å². The number of carbonyl (C=O) groups is 8. The zero-order chi connectivity index (χ0) is 55.0. The zero-order valence-corrected chi connectivity index (χ0v) is 46.8. The van der Waals surface area contributed by atoms with Gasteiger partial charge in [0.15, 0.2) is 12.0 Å². The number of imide groups is 1. The number of ketones is 1. The van der Waals surface area contributed by atoms with Crippen molar-refractivity contribution in [1.82, 2.24) is 30.2 Å². The topological polar surface area (TPSA) is 201 Å². The SMILES string of the molecule is CC[C@H](C)[C@@H]([C@@H](CC(=O)N1[C@H]2C[C@H]2C[C@H]1[C@H](OC)[C@@H](C)C(=O)N[C@@H](Cc1ccccc1F)OC=O)OC)N(C)C(=O)[C@@H](CC(=O)[C@H](C(C)C)N(C)C(=O)CCCCCN1C(=O)C=C(SCCCNC)C1=O)C(C)C. The third-order valence-corrected chi connectivity index (χ3v) is 16.4. The van der Waals surface area contributed by atoms with Gasteiger partial charge in [0.25, 0.3) is 18.3 Å². The Balaban J connectivity index is 1.39. The van der Waals surface area contributed by atoms with Gasteiger partial charge in [-0.25, -0.2) is 4.39 Å². The van der Waals surface area contributed by atoms with Gasteiger partial charge in [-0.15, -0.1) is 11.8 Å². The smallest absolute Gasteiger partial charge is 0.295 e. The lowest BCUT2D eigenvalue weighted by Gasteiger charge is -2.41. The molecule has 1 saturated carbocycles. The first kappa shape index (κ1) is 61.8. The van der Waals surface area contributed by atoms with Gasteiger partial charge < -0.3 is 39.5 Å². The molecule has 1 aromatic carbocycles. The number of thioether (sulfide) groups is 1. The minimum atomic E-state index is -1.14. The zero-order valence-electron chi connectivity index (χ0n) is 45.9. The first-order chi connectivity index (χ1) is 35.2. The number of nitrogens with one attached hydrogen (secondary N) is 2. The number of carbonyl (C=O) groups excluding carboxylic acids is 8. The van der Waals surface area contributed by atoms with E-state index >= 15 is 0 Å². The number of fused-ring (bicyclic) bond motifs is 1. The summed E-state index contributed by atoms with van der Waals surface area (Å²) < 4.78 is 31.7. The number of amides is 6. The molecule has 0 unspecified atom stereocenters. The van der Waals surface area contributed by atoms with Crippen molar-refractivity contribution in [2.45, 2.75) is 162 Å². The number of methoxy groups -OCH3 is 2. The number of hydrogen-bond acceptors (Lipinski definition) is 13. The molecule has 6 amide bonds. The molecule has 11 atom stereocenters. The second kappa shape index (κ2) is 29.5. The summed E-state index contributed by atoms with van der Waals surface area (Å²) in [5, 5.41) is 5.78. The highest BCUT2D eigenvalue weighted by Crippen LogP contribution is 2.50. The monoisotopic (exact) mass is 1060 g/mol. The molecular formula is C55H85FN6O11S. The largest absolute Gasteiger partial charge is 0.444 e. The fraction of sp³-hybridized carbons (Fsp3) is 0.709. The van der Waals surface area contributed by atoms with E-state index in [0.717, 1.165) is 25.1 Å². The number of halogens is 1.